The number of hydrogen-bond acceptors (Lipinski definition) is 2. The van der Waals surface area contributed by atoms with E-state index in [1.165, 1.54) is 16.7 Å². The Balaban J connectivity index is 1.65. The van der Waals surface area contributed by atoms with Gasteiger partial charge in [-0.1, -0.05) is 66.8 Å². The first-order valence-electron chi connectivity index (χ1n) is 8.26. The Bertz CT molecular complexity index is 977. The molecule has 0 saturated carbocycles. The van der Waals surface area contributed by atoms with Crippen molar-refractivity contribution < 1.29 is 4.79 Å². The Morgan fingerprint density at radius 1 is 0.960 bits per heavy atom. The molecule has 0 spiro atoms. The highest BCUT2D eigenvalue weighted by molar-refractivity contribution is 6.07. The Morgan fingerprint density at radius 3 is 2.64 bits per heavy atom. The number of anilines is 2. The van der Waals surface area contributed by atoms with Crippen LogP contribution in [0.3, 0.4) is 0 Å². The summed E-state index contributed by atoms with van der Waals surface area (Å²) >= 11 is 0. The number of fused-ring (bicyclic) bond motifs is 3. The van der Waals surface area contributed by atoms with E-state index in [1.54, 1.807) is 6.07 Å². The quantitative estimate of drug-likeness (QED) is 0.794. The summed E-state index contributed by atoms with van der Waals surface area (Å²) in [5.41, 5.74) is 12.6. The summed E-state index contributed by atoms with van der Waals surface area (Å²) in [5.74, 6) is -0.115. The van der Waals surface area contributed by atoms with E-state index in [0.717, 1.165) is 11.1 Å². The van der Waals surface area contributed by atoms with Gasteiger partial charge in [-0.2, -0.15) is 0 Å². The zero-order valence-electron chi connectivity index (χ0n) is 13.7. The smallest absolute Gasteiger partial charge is 0.251 e. The number of nitrogens with one attached hydrogen (secondary N) is 1. The minimum Gasteiger partial charge on any atom is -0.397 e. The number of para-hydroxylation sites is 2. The molecule has 4 rings (SSSR count). The normalized spacial score (nSPS) is 15.1. The third-order valence-corrected chi connectivity index (χ3v) is 4.50. The molecule has 0 fully saturated rings. The van der Waals surface area contributed by atoms with Crippen molar-refractivity contribution >= 4 is 28.9 Å². The van der Waals surface area contributed by atoms with Crippen LogP contribution in [0.4, 0.5) is 11.4 Å². The highest BCUT2D eigenvalue weighted by atomic mass is 16.1. The topological polar surface area (TPSA) is 55.1 Å². The SMILES string of the molecule is Nc1ccccc1NC(=O)C1=CC=C2C(=CC=Cc3ccccc32)C1. The van der Waals surface area contributed by atoms with Gasteiger partial charge in [-0.05, 0) is 34.4 Å². The fourth-order valence-electron chi connectivity index (χ4n) is 3.19. The van der Waals surface area contributed by atoms with E-state index in [0.29, 0.717) is 17.8 Å². The molecule has 3 heteroatoms. The van der Waals surface area contributed by atoms with Crippen molar-refractivity contribution in [2.45, 2.75) is 6.42 Å². The second-order valence-corrected chi connectivity index (χ2v) is 6.13. The van der Waals surface area contributed by atoms with E-state index in [4.69, 9.17) is 5.73 Å². The van der Waals surface area contributed by atoms with Crippen molar-refractivity contribution in [1.82, 2.24) is 0 Å². The molecule has 0 atom stereocenters. The Labute approximate surface area is 146 Å². The number of hydrogen-bond donors (Lipinski definition) is 2. The molecule has 25 heavy (non-hydrogen) atoms. The van der Waals surface area contributed by atoms with E-state index in [9.17, 15) is 4.79 Å². The second kappa shape index (κ2) is 6.29. The fourth-order valence-corrected chi connectivity index (χ4v) is 3.19. The van der Waals surface area contributed by atoms with Gasteiger partial charge in [0.15, 0.2) is 0 Å². The predicted octanol–water partition coefficient (Wildman–Crippen LogP) is 4.57. The van der Waals surface area contributed by atoms with Crippen LogP contribution in [0.2, 0.25) is 0 Å². The molecule has 2 aliphatic carbocycles. The molecule has 2 aromatic carbocycles. The Kier molecular flexibility index (Phi) is 3.82. The third kappa shape index (κ3) is 2.92. The summed E-state index contributed by atoms with van der Waals surface area (Å²) in [6.45, 7) is 0. The zero-order valence-corrected chi connectivity index (χ0v) is 13.7. The van der Waals surface area contributed by atoms with E-state index >= 15 is 0 Å². The van der Waals surface area contributed by atoms with Crippen LogP contribution in [-0.4, -0.2) is 5.91 Å². The number of rotatable bonds is 2. The van der Waals surface area contributed by atoms with Gasteiger partial charge in [-0.25, -0.2) is 0 Å². The van der Waals surface area contributed by atoms with Crippen LogP contribution >= 0.6 is 0 Å². The predicted molar refractivity (Wildman–Crippen MR) is 104 cm³/mol. The maximum atomic E-state index is 12.6. The summed E-state index contributed by atoms with van der Waals surface area (Å²) in [7, 11) is 0. The highest BCUT2D eigenvalue weighted by Crippen LogP contribution is 2.36. The van der Waals surface area contributed by atoms with Crippen LogP contribution in [0.15, 0.2) is 84.0 Å². The molecule has 0 unspecified atom stereocenters. The van der Waals surface area contributed by atoms with E-state index in [1.807, 2.05) is 48.6 Å². The molecule has 1 amide bonds. The molecule has 2 aliphatic rings. The van der Waals surface area contributed by atoms with Crippen molar-refractivity contribution in [1.29, 1.82) is 0 Å². The summed E-state index contributed by atoms with van der Waals surface area (Å²) in [4.78, 5) is 12.6. The monoisotopic (exact) mass is 326 g/mol. The minimum absolute atomic E-state index is 0.115. The number of carbonyl (C=O) groups excluding carboxylic acids is 1. The standard InChI is InChI=1S/C22H18N2O/c23-20-10-3-4-11-21(20)24-22(25)17-12-13-19-16(14-17)8-5-7-15-6-1-2-9-18(15)19/h1-13H,14,23H2,(H,24,25). The average Bonchev–Trinajstić information content (AvgIpc) is 2.82. The molecule has 0 saturated heterocycles. The van der Waals surface area contributed by atoms with E-state index in [-0.39, 0.29) is 5.91 Å². The van der Waals surface area contributed by atoms with Gasteiger partial charge in [-0.15, -0.1) is 0 Å². The van der Waals surface area contributed by atoms with Crippen LogP contribution in [0.5, 0.6) is 0 Å². The summed E-state index contributed by atoms with van der Waals surface area (Å²) < 4.78 is 0. The second-order valence-electron chi connectivity index (χ2n) is 6.13. The third-order valence-electron chi connectivity index (χ3n) is 4.50. The number of amides is 1. The largest absolute Gasteiger partial charge is 0.397 e. The van der Waals surface area contributed by atoms with Gasteiger partial charge in [0, 0.05) is 12.0 Å². The Hall–Kier alpha value is -3.33. The molecule has 0 bridgehead atoms. The first-order valence-corrected chi connectivity index (χ1v) is 8.26. The van der Waals surface area contributed by atoms with E-state index in [2.05, 4.69) is 29.6 Å². The lowest BCUT2D eigenvalue weighted by molar-refractivity contribution is -0.112. The minimum atomic E-state index is -0.115. The molecular weight excluding hydrogens is 308 g/mol. The van der Waals surface area contributed by atoms with Gasteiger partial charge < -0.3 is 11.1 Å². The van der Waals surface area contributed by atoms with Gasteiger partial charge in [0.25, 0.3) is 5.91 Å². The summed E-state index contributed by atoms with van der Waals surface area (Å²) in [6, 6.07) is 15.6. The zero-order chi connectivity index (χ0) is 17.2. The highest BCUT2D eigenvalue weighted by Gasteiger charge is 2.20. The number of allylic oxidation sites excluding steroid dienone is 6. The van der Waals surface area contributed by atoms with Crippen LogP contribution in [0, 0.1) is 0 Å². The Morgan fingerprint density at radius 2 is 1.76 bits per heavy atom. The van der Waals surface area contributed by atoms with Crippen molar-refractivity contribution in [3.63, 3.8) is 0 Å². The van der Waals surface area contributed by atoms with Gasteiger partial charge >= 0.3 is 0 Å². The molecular formula is C22H18N2O. The van der Waals surface area contributed by atoms with Crippen LogP contribution < -0.4 is 11.1 Å². The molecule has 0 radical (unpaired) electrons. The molecule has 2 aromatic rings. The maximum absolute atomic E-state index is 12.6. The lowest BCUT2D eigenvalue weighted by Crippen LogP contribution is -2.17. The van der Waals surface area contributed by atoms with Crippen molar-refractivity contribution in [3.8, 4) is 0 Å². The summed E-state index contributed by atoms with van der Waals surface area (Å²) in [6.07, 6.45) is 10.8. The number of benzene rings is 2. The average molecular weight is 326 g/mol. The molecule has 122 valence electrons. The summed E-state index contributed by atoms with van der Waals surface area (Å²) in [5, 5.41) is 2.90. The van der Waals surface area contributed by atoms with Gasteiger partial charge in [0.05, 0.1) is 11.4 Å². The van der Waals surface area contributed by atoms with Crippen molar-refractivity contribution in [3.05, 3.63) is 95.1 Å². The van der Waals surface area contributed by atoms with Gasteiger partial charge in [-0.3, -0.25) is 4.79 Å². The van der Waals surface area contributed by atoms with Crippen LogP contribution in [0.25, 0.3) is 11.6 Å². The molecule has 3 nitrogen and oxygen atoms in total. The fraction of sp³-hybridized carbons (Fsp3) is 0.0455. The van der Waals surface area contributed by atoms with Crippen molar-refractivity contribution in [2.75, 3.05) is 11.1 Å². The first kappa shape index (κ1) is 15.2. The molecule has 0 aliphatic heterocycles. The number of nitrogens with two attached hydrogens (primary N) is 1. The molecule has 0 aromatic heterocycles. The molecule has 3 N–H and O–H groups in total. The van der Waals surface area contributed by atoms with E-state index < -0.39 is 0 Å². The van der Waals surface area contributed by atoms with Gasteiger partial charge in [0.2, 0.25) is 0 Å². The van der Waals surface area contributed by atoms with Crippen LogP contribution in [-0.2, 0) is 4.79 Å². The maximum Gasteiger partial charge on any atom is 0.251 e. The number of nitrogen functional groups attached to an aromatic ring is 1. The van der Waals surface area contributed by atoms with Gasteiger partial charge in [0.1, 0.15) is 0 Å². The lowest BCUT2D eigenvalue weighted by Gasteiger charge is -2.19. The first-order chi connectivity index (χ1) is 12.2. The molecule has 0 heterocycles. The lowest BCUT2D eigenvalue weighted by atomic mass is 9.87. The van der Waals surface area contributed by atoms with Crippen molar-refractivity contribution in [2.24, 2.45) is 0 Å². The van der Waals surface area contributed by atoms with Crippen LogP contribution in [0.1, 0.15) is 17.5 Å². The number of carbonyl (C=O) groups is 1.